The Kier molecular flexibility index (Phi) is 9.08. The molecule has 0 aromatic carbocycles. The van der Waals surface area contributed by atoms with Gasteiger partial charge in [0.25, 0.3) is 5.56 Å². The summed E-state index contributed by atoms with van der Waals surface area (Å²) in [5.41, 5.74) is -3.67. The fourth-order valence-electron chi connectivity index (χ4n) is 3.27. The molecule has 1 aliphatic heterocycles. The summed E-state index contributed by atoms with van der Waals surface area (Å²) in [7, 11) is -4.14. The second kappa shape index (κ2) is 11.0. The van der Waals surface area contributed by atoms with Crippen LogP contribution in [0.2, 0.25) is 0 Å². The van der Waals surface area contributed by atoms with Gasteiger partial charge >= 0.3 is 19.3 Å². The van der Waals surface area contributed by atoms with Crippen molar-refractivity contribution in [1.82, 2.24) is 19.7 Å². The van der Waals surface area contributed by atoms with Crippen molar-refractivity contribution in [2.24, 2.45) is 0 Å². The molecule has 1 aliphatic rings. The summed E-state index contributed by atoms with van der Waals surface area (Å²) in [4.78, 5) is 48.6. The van der Waals surface area contributed by atoms with Crippen LogP contribution in [0.3, 0.4) is 0 Å². The predicted molar refractivity (Wildman–Crippen MR) is 117 cm³/mol. The Morgan fingerprint density at radius 1 is 1.38 bits per heavy atom. The second-order valence-electron chi connectivity index (χ2n) is 8.32. The number of aldehydes is 1. The first kappa shape index (κ1) is 28.0. The van der Waals surface area contributed by atoms with E-state index >= 15 is 4.39 Å². The van der Waals surface area contributed by atoms with Crippen molar-refractivity contribution in [3.8, 4) is 0 Å². The number of halogens is 1. The highest BCUT2D eigenvalue weighted by molar-refractivity contribution is 7.54. The van der Waals surface area contributed by atoms with Crippen molar-refractivity contribution < 1.29 is 37.6 Å². The number of carbonyl (C=O) groups excluding carboxylic acids is 2. The number of rotatable bonds is 11. The zero-order valence-electron chi connectivity index (χ0n) is 19.4. The number of hydrogen-bond acceptors (Lipinski definition) is 9. The van der Waals surface area contributed by atoms with Gasteiger partial charge in [0.2, 0.25) is 0 Å². The molecule has 0 amide bonds. The molecule has 1 aromatic rings. The molecule has 13 nitrogen and oxygen atoms in total. The first-order valence-electron chi connectivity index (χ1n) is 10.5. The average Bonchev–Trinajstić information content (AvgIpc) is 2.95. The van der Waals surface area contributed by atoms with Crippen molar-refractivity contribution >= 4 is 19.9 Å². The lowest BCUT2D eigenvalue weighted by atomic mass is 10.1. The van der Waals surface area contributed by atoms with Crippen LogP contribution in [-0.2, 0) is 33.9 Å². The summed E-state index contributed by atoms with van der Waals surface area (Å²) >= 11 is 0. The van der Waals surface area contributed by atoms with Crippen molar-refractivity contribution in [1.29, 1.82) is 0 Å². The number of aliphatic hydroxyl groups is 1. The maximum absolute atomic E-state index is 15.0. The van der Waals surface area contributed by atoms with Crippen molar-refractivity contribution in [3.63, 3.8) is 0 Å². The molecule has 4 N–H and O–H groups in total. The maximum atomic E-state index is 15.0. The van der Waals surface area contributed by atoms with Gasteiger partial charge in [-0.1, -0.05) is 0 Å². The molecule has 0 aliphatic carbocycles. The summed E-state index contributed by atoms with van der Waals surface area (Å²) in [5.74, 6) is -0.731. The maximum Gasteiger partial charge on any atom is 0.342 e. The van der Waals surface area contributed by atoms with Crippen molar-refractivity contribution in [2.45, 2.75) is 76.9 Å². The van der Waals surface area contributed by atoms with Gasteiger partial charge in [-0.15, -0.1) is 0 Å². The van der Waals surface area contributed by atoms with E-state index in [-0.39, 0.29) is 0 Å². The first-order valence-corrected chi connectivity index (χ1v) is 12.1. The van der Waals surface area contributed by atoms with E-state index in [1.165, 1.54) is 20.8 Å². The van der Waals surface area contributed by atoms with Gasteiger partial charge in [-0.25, -0.2) is 19.4 Å². The zero-order valence-corrected chi connectivity index (χ0v) is 20.3. The minimum absolute atomic E-state index is 0.434. The third kappa shape index (κ3) is 6.46. The number of esters is 1. The molecule has 0 spiro atoms. The number of alkyl halides is 1. The molecule has 2 rings (SSSR count). The first-order chi connectivity index (χ1) is 15.7. The molecular formula is C19H30FN4O9P. The van der Waals surface area contributed by atoms with Gasteiger partial charge in [0.1, 0.15) is 24.5 Å². The predicted octanol–water partition coefficient (Wildman–Crippen LogP) is -0.461. The average molecular weight is 508 g/mol. The Morgan fingerprint density at radius 2 is 2.03 bits per heavy atom. The van der Waals surface area contributed by atoms with Gasteiger partial charge < -0.3 is 23.9 Å². The number of aliphatic hydroxyl groups excluding tert-OH is 1. The monoisotopic (exact) mass is 508 g/mol. The number of nitrogens with zero attached hydrogens (tertiary/aromatic N) is 1. The fraction of sp³-hybridized carbons (Fsp3) is 0.684. The molecule has 1 aromatic heterocycles. The summed E-state index contributed by atoms with van der Waals surface area (Å²) in [6, 6.07) is -1.09. The Balaban J connectivity index is 2.21. The van der Waals surface area contributed by atoms with Gasteiger partial charge in [0.05, 0.1) is 18.8 Å². The second-order valence-corrected chi connectivity index (χ2v) is 10.2. The van der Waals surface area contributed by atoms with Crippen LogP contribution in [0.1, 0.15) is 34.6 Å². The number of H-pyrrole nitrogens is 1. The molecule has 1 saturated heterocycles. The molecular weight excluding hydrogens is 478 g/mol. The number of nitrogens with one attached hydrogen (secondary N) is 3. The molecule has 34 heavy (non-hydrogen) atoms. The lowest BCUT2D eigenvalue weighted by Gasteiger charge is -2.29. The highest BCUT2D eigenvalue weighted by atomic mass is 31.2. The number of carbonyl (C=O) groups is 2. The third-order valence-corrected chi connectivity index (χ3v) is 6.94. The molecule has 2 heterocycles. The van der Waals surface area contributed by atoms with E-state index in [0.29, 0.717) is 6.29 Å². The minimum Gasteiger partial charge on any atom is -0.462 e. The van der Waals surface area contributed by atoms with Crippen LogP contribution in [0.15, 0.2) is 21.9 Å². The van der Waals surface area contributed by atoms with Crippen molar-refractivity contribution in [2.75, 3.05) is 6.61 Å². The molecule has 0 bridgehead atoms. The van der Waals surface area contributed by atoms with E-state index in [9.17, 15) is 28.8 Å². The van der Waals surface area contributed by atoms with Crippen LogP contribution >= 0.6 is 7.67 Å². The van der Waals surface area contributed by atoms with Gasteiger partial charge in [0, 0.05) is 12.3 Å². The standard InChI is InChI=1S/C19H30FN4O9P/c1-10(2)32-17(28)12(4)23-34(30,22-11(3)8-25)31-9-13-15(27)16(20)19(5,33-13)24-7-6-14(26)21-18(24)29/h6-8,10-13,15-16,27H,9H2,1-5H3,(H,21,26,29)(H2,22,23,30). The number of ether oxygens (including phenoxy) is 2. The fourth-order valence-corrected chi connectivity index (χ4v) is 5.06. The van der Waals surface area contributed by atoms with Gasteiger partial charge in [-0.3, -0.25) is 23.7 Å². The Hall–Kier alpha value is -2.22. The summed E-state index contributed by atoms with van der Waals surface area (Å²) in [5, 5.41) is 15.2. The Morgan fingerprint density at radius 3 is 2.59 bits per heavy atom. The highest BCUT2D eigenvalue weighted by Crippen LogP contribution is 2.42. The smallest absolute Gasteiger partial charge is 0.342 e. The van der Waals surface area contributed by atoms with Crippen LogP contribution in [0.25, 0.3) is 0 Å². The largest absolute Gasteiger partial charge is 0.462 e. The number of hydrogen-bond donors (Lipinski definition) is 4. The summed E-state index contributed by atoms with van der Waals surface area (Å²) in [6.07, 6.45) is -4.29. The highest BCUT2D eigenvalue weighted by Gasteiger charge is 2.55. The topological polar surface area (TPSA) is 178 Å². The van der Waals surface area contributed by atoms with Gasteiger partial charge in [-0.05, 0) is 34.6 Å². The van der Waals surface area contributed by atoms with E-state index in [2.05, 4.69) is 10.2 Å². The van der Waals surface area contributed by atoms with E-state index in [1.807, 2.05) is 4.98 Å². The van der Waals surface area contributed by atoms with E-state index < -0.39 is 73.8 Å². The van der Waals surface area contributed by atoms with Gasteiger partial charge in [0.15, 0.2) is 11.9 Å². The Labute approximate surface area is 194 Å². The molecule has 192 valence electrons. The van der Waals surface area contributed by atoms with Crippen molar-refractivity contribution in [3.05, 3.63) is 33.1 Å². The van der Waals surface area contributed by atoms with Crippen LogP contribution < -0.4 is 21.4 Å². The summed E-state index contributed by atoms with van der Waals surface area (Å²) in [6.45, 7) is 6.56. The molecule has 7 atom stereocenters. The molecule has 15 heteroatoms. The molecule has 7 unspecified atom stereocenters. The number of aromatic amines is 1. The minimum atomic E-state index is -4.14. The van der Waals surface area contributed by atoms with E-state index in [4.69, 9.17) is 14.0 Å². The lowest BCUT2D eigenvalue weighted by Crippen LogP contribution is -2.47. The zero-order chi connectivity index (χ0) is 25.8. The molecule has 1 fully saturated rings. The number of aromatic nitrogens is 2. The van der Waals surface area contributed by atoms with Gasteiger partial charge in [-0.2, -0.15) is 0 Å². The van der Waals surface area contributed by atoms with Crippen LogP contribution in [0.4, 0.5) is 4.39 Å². The molecule has 0 radical (unpaired) electrons. The SMILES string of the molecule is CC(C=O)NP(=O)(NC(C)C(=O)OC(C)C)OCC1OC(C)(n2ccc(=O)[nH]c2=O)C(F)C1O. The molecule has 0 saturated carbocycles. The van der Waals surface area contributed by atoms with Crippen LogP contribution in [-0.4, -0.2) is 70.1 Å². The van der Waals surface area contributed by atoms with E-state index in [1.54, 1.807) is 13.8 Å². The van der Waals surface area contributed by atoms with E-state index in [0.717, 1.165) is 16.8 Å². The lowest BCUT2D eigenvalue weighted by molar-refractivity contribution is -0.149. The van der Waals surface area contributed by atoms with Crippen LogP contribution in [0, 0.1) is 0 Å². The summed E-state index contributed by atoms with van der Waals surface area (Å²) < 4.78 is 45.1. The Bertz CT molecular complexity index is 1050. The third-order valence-electron chi connectivity index (χ3n) is 4.95. The normalized spacial score (nSPS) is 28.3. The van der Waals surface area contributed by atoms with Crippen LogP contribution in [0.5, 0.6) is 0 Å². The quantitative estimate of drug-likeness (QED) is 0.173.